The van der Waals surface area contributed by atoms with E-state index in [1.54, 1.807) is 0 Å². The number of thiazole rings is 1. The van der Waals surface area contributed by atoms with E-state index in [1.165, 1.54) is 6.20 Å². The average molecular weight is 244 g/mol. The molecule has 0 fully saturated rings. The van der Waals surface area contributed by atoms with Crippen LogP contribution >= 0.6 is 11.3 Å². The molecule has 0 bridgehead atoms. The quantitative estimate of drug-likeness (QED) is 0.644. The lowest BCUT2D eigenvalue weighted by Crippen LogP contribution is -2.09. The molecule has 1 rings (SSSR count). The van der Waals surface area contributed by atoms with Gasteiger partial charge in [-0.25, -0.2) is 18.5 Å². The summed E-state index contributed by atoms with van der Waals surface area (Å²) in [7, 11) is -3.63. The van der Waals surface area contributed by atoms with E-state index in [0.29, 0.717) is 5.01 Å². The van der Waals surface area contributed by atoms with Gasteiger partial charge in [-0.2, -0.15) is 0 Å². The maximum atomic E-state index is 10.9. The molecule has 6 heteroatoms. The average Bonchev–Trinajstić information content (AvgIpc) is 2.60. The molecule has 82 valence electrons. The molecular weight excluding hydrogens is 232 g/mol. The SMILES string of the molecule is CCCCC#Cc1ncc(S(N)(=O)=O)s1. The van der Waals surface area contributed by atoms with Crippen molar-refractivity contribution in [1.29, 1.82) is 0 Å². The molecular formula is C9H12N2O2S2. The Morgan fingerprint density at radius 1 is 1.60 bits per heavy atom. The molecule has 4 nitrogen and oxygen atoms in total. The van der Waals surface area contributed by atoms with Crippen LogP contribution in [0, 0.1) is 11.8 Å². The first-order valence-electron chi connectivity index (χ1n) is 4.51. The van der Waals surface area contributed by atoms with Gasteiger partial charge in [0.2, 0.25) is 10.0 Å². The van der Waals surface area contributed by atoms with Crippen LogP contribution in [0.4, 0.5) is 0 Å². The van der Waals surface area contributed by atoms with E-state index in [2.05, 4.69) is 23.7 Å². The Bertz CT molecular complexity index is 480. The second kappa shape index (κ2) is 5.26. The third-order valence-corrected chi connectivity index (χ3v) is 3.94. The number of rotatable bonds is 3. The van der Waals surface area contributed by atoms with Crippen LogP contribution in [0.3, 0.4) is 0 Å². The minimum Gasteiger partial charge on any atom is -0.235 e. The molecule has 0 aliphatic carbocycles. The molecule has 0 amide bonds. The van der Waals surface area contributed by atoms with Crippen molar-refractivity contribution in [3.05, 3.63) is 11.2 Å². The molecule has 0 radical (unpaired) electrons. The number of aromatic nitrogens is 1. The summed E-state index contributed by atoms with van der Waals surface area (Å²) in [4.78, 5) is 3.87. The second-order valence-electron chi connectivity index (χ2n) is 2.93. The molecule has 0 saturated heterocycles. The van der Waals surface area contributed by atoms with Crippen LogP contribution in [-0.4, -0.2) is 13.4 Å². The molecule has 0 saturated carbocycles. The van der Waals surface area contributed by atoms with Crippen LogP contribution in [0.25, 0.3) is 0 Å². The Morgan fingerprint density at radius 2 is 2.33 bits per heavy atom. The Balaban J connectivity index is 2.72. The first kappa shape index (κ1) is 12.2. The molecule has 0 aliphatic heterocycles. The molecule has 0 atom stereocenters. The first-order chi connectivity index (χ1) is 7.04. The van der Waals surface area contributed by atoms with Crippen LogP contribution < -0.4 is 5.14 Å². The molecule has 0 spiro atoms. The Labute approximate surface area is 93.6 Å². The van der Waals surface area contributed by atoms with E-state index in [4.69, 9.17) is 5.14 Å². The van der Waals surface area contributed by atoms with Gasteiger partial charge in [0.25, 0.3) is 0 Å². The van der Waals surface area contributed by atoms with Crippen LogP contribution in [0.5, 0.6) is 0 Å². The van der Waals surface area contributed by atoms with Gasteiger partial charge in [0.05, 0.1) is 6.20 Å². The van der Waals surface area contributed by atoms with Crippen LogP contribution in [0.15, 0.2) is 10.4 Å². The monoisotopic (exact) mass is 244 g/mol. The number of hydrogen-bond acceptors (Lipinski definition) is 4. The highest BCUT2D eigenvalue weighted by Crippen LogP contribution is 2.15. The van der Waals surface area contributed by atoms with E-state index in [9.17, 15) is 8.42 Å². The van der Waals surface area contributed by atoms with Gasteiger partial charge in [0.15, 0.2) is 9.22 Å². The molecule has 0 unspecified atom stereocenters. The van der Waals surface area contributed by atoms with Crippen molar-refractivity contribution in [2.75, 3.05) is 0 Å². The van der Waals surface area contributed by atoms with Crippen molar-refractivity contribution < 1.29 is 8.42 Å². The van der Waals surface area contributed by atoms with E-state index in [0.717, 1.165) is 30.6 Å². The number of nitrogens with two attached hydrogens (primary N) is 1. The molecule has 1 aromatic rings. The summed E-state index contributed by atoms with van der Waals surface area (Å²) in [6.07, 6.45) is 4.18. The Morgan fingerprint density at radius 3 is 2.87 bits per heavy atom. The van der Waals surface area contributed by atoms with Gasteiger partial charge in [-0.1, -0.05) is 30.6 Å². The fraction of sp³-hybridized carbons (Fsp3) is 0.444. The van der Waals surface area contributed by atoms with Crippen molar-refractivity contribution in [2.45, 2.75) is 30.4 Å². The van der Waals surface area contributed by atoms with E-state index >= 15 is 0 Å². The highest BCUT2D eigenvalue weighted by molar-refractivity contribution is 7.91. The number of hydrogen-bond donors (Lipinski definition) is 1. The summed E-state index contributed by atoms with van der Waals surface area (Å²) in [6.45, 7) is 2.09. The second-order valence-corrected chi connectivity index (χ2v) is 5.75. The zero-order chi connectivity index (χ0) is 11.3. The molecule has 1 heterocycles. The van der Waals surface area contributed by atoms with E-state index in [1.807, 2.05) is 0 Å². The number of sulfonamides is 1. The summed E-state index contributed by atoms with van der Waals surface area (Å²) in [6, 6.07) is 0. The first-order valence-corrected chi connectivity index (χ1v) is 6.88. The van der Waals surface area contributed by atoms with Crippen molar-refractivity contribution in [1.82, 2.24) is 4.98 Å². The van der Waals surface area contributed by atoms with Crippen LogP contribution in [0.1, 0.15) is 31.2 Å². The Hall–Kier alpha value is -0.900. The fourth-order valence-electron chi connectivity index (χ4n) is 0.852. The van der Waals surface area contributed by atoms with Crippen molar-refractivity contribution in [3.8, 4) is 11.8 Å². The smallest absolute Gasteiger partial charge is 0.235 e. The zero-order valence-electron chi connectivity index (χ0n) is 8.36. The minimum atomic E-state index is -3.63. The molecule has 1 aromatic heterocycles. The van der Waals surface area contributed by atoms with Crippen molar-refractivity contribution >= 4 is 21.4 Å². The minimum absolute atomic E-state index is 0.0577. The fourth-order valence-corrected chi connectivity index (χ4v) is 2.28. The van der Waals surface area contributed by atoms with Crippen molar-refractivity contribution in [3.63, 3.8) is 0 Å². The molecule has 0 aromatic carbocycles. The maximum absolute atomic E-state index is 10.9. The predicted octanol–water partition coefficient (Wildman–Crippen LogP) is 1.33. The lowest BCUT2D eigenvalue weighted by atomic mass is 10.2. The number of nitrogens with zero attached hydrogens (tertiary/aromatic N) is 1. The van der Waals surface area contributed by atoms with Gasteiger partial charge in [0.1, 0.15) is 0 Å². The van der Waals surface area contributed by atoms with Gasteiger partial charge >= 0.3 is 0 Å². The summed E-state index contributed by atoms with van der Waals surface area (Å²) in [5.74, 6) is 5.74. The topological polar surface area (TPSA) is 73.0 Å². The summed E-state index contributed by atoms with van der Waals surface area (Å²) in [5, 5.41) is 5.44. The number of unbranched alkanes of at least 4 members (excludes halogenated alkanes) is 2. The maximum Gasteiger partial charge on any atom is 0.249 e. The molecule has 0 aliphatic rings. The summed E-state index contributed by atoms with van der Waals surface area (Å²) < 4.78 is 21.9. The molecule has 15 heavy (non-hydrogen) atoms. The van der Waals surface area contributed by atoms with Crippen LogP contribution in [-0.2, 0) is 10.0 Å². The summed E-state index contributed by atoms with van der Waals surface area (Å²) >= 11 is 1.00. The number of primary sulfonamides is 1. The third-order valence-electron chi connectivity index (χ3n) is 1.62. The highest BCUT2D eigenvalue weighted by Gasteiger charge is 2.11. The predicted molar refractivity (Wildman–Crippen MR) is 59.9 cm³/mol. The summed E-state index contributed by atoms with van der Waals surface area (Å²) in [5.41, 5.74) is 0. The van der Waals surface area contributed by atoms with Crippen LogP contribution in [0.2, 0.25) is 0 Å². The van der Waals surface area contributed by atoms with Gasteiger partial charge < -0.3 is 0 Å². The Kier molecular flexibility index (Phi) is 4.27. The van der Waals surface area contributed by atoms with E-state index < -0.39 is 10.0 Å². The van der Waals surface area contributed by atoms with Gasteiger partial charge in [-0.3, -0.25) is 0 Å². The normalized spacial score (nSPS) is 10.8. The van der Waals surface area contributed by atoms with Gasteiger partial charge in [-0.05, 0) is 12.3 Å². The zero-order valence-corrected chi connectivity index (χ0v) is 9.99. The highest BCUT2D eigenvalue weighted by atomic mass is 32.2. The van der Waals surface area contributed by atoms with Gasteiger partial charge in [0, 0.05) is 6.42 Å². The lowest BCUT2D eigenvalue weighted by Gasteiger charge is -1.86. The van der Waals surface area contributed by atoms with Crippen molar-refractivity contribution in [2.24, 2.45) is 5.14 Å². The lowest BCUT2D eigenvalue weighted by molar-refractivity contribution is 0.599. The van der Waals surface area contributed by atoms with E-state index in [-0.39, 0.29) is 4.21 Å². The standard InChI is InChI=1S/C9H12N2O2S2/c1-2-3-4-5-6-8-11-7-9(14-8)15(10,12)13/h7H,2-4H2,1H3,(H2,10,12,13). The third kappa shape index (κ3) is 4.00. The van der Waals surface area contributed by atoms with Gasteiger partial charge in [-0.15, -0.1) is 0 Å². The molecule has 2 N–H and O–H groups in total. The largest absolute Gasteiger partial charge is 0.249 e.